The topological polar surface area (TPSA) is 88.8 Å². The van der Waals surface area contributed by atoms with Gasteiger partial charge in [-0.25, -0.2) is 0 Å². The van der Waals surface area contributed by atoms with Crippen LogP contribution >= 0.6 is 11.3 Å². The molecule has 2 fully saturated rings. The summed E-state index contributed by atoms with van der Waals surface area (Å²) in [5.41, 5.74) is 0.782. The molecule has 5 rings (SSSR count). The van der Waals surface area contributed by atoms with Gasteiger partial charge in [-0.1, -0.05) is 11.2 Å². The number of hydrogen-bond donors (Lipinski definition) is 0. The first kappa shape index (κ1) is 18.8. The second-order valence-electron chi connectivity index (χ2n) is 7.48. The molecule has 2 aromatic heterocycles. The molecule has 30 heavy (non-hydrogen) atoms. The minimum Gasteiger partial charge on any atom is -0.497 e. The van der Waals surface area contributed by atoms with E-state index in [-0.39, 0.29) is 30.1 Å². The maximum Gasteiger partial charge on any atom is 0.233 e. The fourth-order valence-corrected chi connectivity index (χ4v) is 4.51. The van der Waals surface area contributed by atoms with Crippen molar-refractivity contribution in [1.29, 1.82) is 0 Å². The first-order valence-electron chi connectivity index (χ1n) is 9.73. The van der Waals surface area contributed by atoms with Gasteiger partial charge in [0.2, 0.25) is 23.5 Å². The SMILES string of the molecule is COc1ccc(N2CC(C(=O)N3CC(c4nc(-c5cccs5)no4)C3)CC2=O)cc1. The number of ether oxygens (including phenoxy) is 1. The zero-order valence-corrected chi connectivity index (χ0v) is 17.2. The Morgan fingerprint density at radius 2 is 2.00 bits per heavy atom. The molecule has 2 saturated heterocycles. The van der Waals surface area contributed by atoms with Gasteiger partial charge < -0.3 is 19.1 Å². The predicted molar refractivity (Wildman–Crippen MR) is 110 cm³/mol. The van der Waals surface area contributed by atoms with E-state index in [4.69, 9.17) is 9.26 Å². The van der Waals surface area contributed by atoms with Crippen LogP contribution in [0.4, 0.5) is 5.69 Å². The Morgan fingerprint density at radius 1 is 1.20 bits per heavy atom. The molecule has 0 N–H and O–H groups in total. The van der Waals surface area contributed by atoms with Crippen LogP contribution in [-0.4, -0.2) is 53.6 Å². The molecule has 0 saturated carbocycles. The highest BCUT2D eigenvalue weighted by atomic mass is 32.1. The summed E-state index contributed by atoms with van der Waals surface area (Å²) in [6, 6.07) is 11.2. The van der Waals surface area contributed by atoms with Crippen LogP contribution in [-0.2, 0) is 9.59 Å². The molecule has 154 valence electrons. The zero-order valence-electron chi connectivity index (χ0n) is 16.4. The monoisotopic (exact) mass is 424 g/mol. The number of benzene rings is 1. The maximum absolute atomic E-state index is 12.9. The molecule has 0 aliphatic carbocycles. The van der Waals surface area contributed by atoms with Gasteiger partial charge in [-0.2, -0.15) is 4.98 Å². The van der Waals surface area contributed by atoms with Crippen molar-refractivity contribution in [3.05, 3.63) is 47.7 Å². The Bertz CT molecular complexity index is 1060. The van der Waals surface area contributed by atoms with Crippen molar-refractivity contribution < 1.29 is 18.8 Å². The molecular formula is C21H20N4O4S. The number of nitrogens with zero attached hydrogens (tertiary/aromatic N) is 4. The number of hydrogen-bond acceptors (Lipinski definition) is 7. The molecule has 0 spiro atoms. The van der Waals surface area contributed by atoms with E-state index in [1.54, 1.807) is 28.2 Å². The molecule has 4 heterocycles. The Balaban J connectivity index is 1.19. The minimum atomic E-state index is -0.329. The molecule has 9 heteroatoms. The molecule has 1 atom stereocenters. The van der Waals surface area contributed by atoms with Crippen LogP contribution in [0.1, 0.15) is 18.2 Å². The molecule has 0 bridgehead atoms. The van der Waals surface area contributed by atoms with E-state index in [2.05, 4.69) is 10.1 Å². The van der Waals surface area contributed by atoms with Crippen LogP contribution in [0.2, 0.25) is 0 Å². The van der Waals surface area contributed by atoms with Crippen LogP contribution < -0.4 is 9.64 Å². The fourth-order valence-electron chi connectivity index (χ4n) is 3.86. The van der Waals surface area contributed by atoms with Gasteiger partial charge in [-0.15, -0.1) is 11.3 Å². The Hall–Kier alpha value is -3.20. The molecule has 0 radical (unpaired) electrons. The van der Waals surface area contributed by atoms with Gasteiger partial charge in [0.25, 0.3) is 0 Å². The Morgan fingerprint density at radius 3 is 2.70 bits per heavy atom. The summed E-state index contributed by atoms with van der Waals surface area (Å²) >= 11 is 1.56. The lowest BCUT2D eigenvalue weighted by molar-refractivity contribution is -0.140. The lowest BCUT2D eigenvalue weighted by atomic mass is 9.96. The lowest BCUT2D eigenvalue weighted by Crippen LogP contribution is -2.51. The largest absolute Gasteiger partial charge is 0.497 e. The van der Waals surface area contributed by atoms with Crippen molar-refractivity contribution in [2.45, 2.75) is 12.3 Å². The number of thiophene rings is 1. The first-order chi connectivity index (χ1) is 14.6. The average Bonchev–Trinajstić information content (AvgIpc) is 3.47. The second-order valence-corrected chi connectivity index (χ2v) is 8.42. The number of carbonyl (C=O) groups is 2. The van der Waals surface area contributed by atoms with Gasteiger partial charge in [0.05, 0.1) is 23.8 Å². The quantitative estimate of drug-likeness (QED) is 0.626. The molecule has 8 nitrogen and oxygen atoms in total. The number of rotatable bonds is 5. The van der Waals surface area contributed by atoms with Gasteiger partial charge >= 0.3 is 0 Å². The van der Waals surface area contributed by atoms with E-state index in [1.165, 1.54) is 0 Å². The van der Waals surface area contributed by atoms with Gasteiger partial charge in [0.1, 0.15) is 5.75 Å². The summed E-state index contributed by atoms with van der Waals surface area (Å²) < 4.78 is 10.6. The van der Waals surface area contributed by atoms with Crippen LogP contribution in [0.3, 0.4) is 0 Å². The number of amides is 2. The molecule has 1 unspecified atom stereocenters. The summed E-state index contributed by atoms with van der Waals surface area (Å²) in [6.45, 7) is 1.48. The summed E-state index contributed by atoms with van der Waals surface area (Å²) in [5.74, 6) is 1.57. The van der Waals surface area contributed by atoms with Gasteiger partial charge in [-0.05, 0) is 35.7 Å². The van der Waals surface area contributed by atoms with Crippen LogP contribution in [0.5, 0.6) is 5.75 Å². The van der Waals surface area contributed by atoms with Crippen LogP contribution in [0.15, 0.2) is 46.3 Å². The third-order valence-electron chi connectivity index (χ3n) is 5.58. The summed E-state index contributed by atoms with van der Waals surface area (Å²) in [4.78, 5) is 34.2. The van der Waals surface area contributed by atoms with Crippen LogP contribution in [0, 0.1) is 5.92 Å². The highest BCUT2D eigenvalue weighted by molar-refractivity contribution is 7.13. The van der Waals surface area contributed by atoms with Crippen LogP contribution in [0.25, 0.3) is 10.7 Å². The van der Waals surface area contributed by atoms with Gasteiger partial charge in [0.15, 0.2) is 0 Å². The number of carbonyl (C=O) groups excluding carboxylic acids is 2. The van der Waals surface area contributed by atoms with Crippen molar-refractivity contribution in [2.75, 3.05) is 31.6 Å². The van der Waals surface area contributed by atoms with Crippen molar-refractivity contribution in [3.8, 4) is 16.5 Å². The predicted octanol–water partition coefficient (Wildman–Crippen LogP) is 2.79. The molecular weight excluding hydrogens is 404 g/mol. The summed E-state index contributed by atoms with van der Waals surface area (Å²) in [7, 11) is 1.60. The first-order valence-corrected chi connectivity index (χ1v) is 10.6. The smallest absolute Gasteiger partial charge is 0.233 e. The normalized spacial score (nSPS) is 19.2. The van der Waals surface area contributed by atoms with Crippen molar-refractivity contribution in [3.63, 3.8) is 0 Å². The molecule has 2 amide bonds. The fraction of sp³-hybridized carbons (Fsp3) is 0.333. The Labute approximate surface area is 177 Å². The van der Waals surface area contributed by atoms with Crippen molar-refractivity contribution >= 4 is 28.8 Å². The third-order valence-corrected chi connectivity index (χ3v) is 6.45. The van der Waals surface area contributed by atoms with E-state index in [0.29, 0.717) is 31.3 Å². The molecule has 2 aliphatic rings. The molecule has 1 aromatic carbocycles. The standard InChI is InChI=1S/C21H20N4O4S/c1-28-16-6-4-15(5-7-16)25-12-13(9-18(25)26)21(27)24-10-14(11-24)20-22-19(23-29-20)17-3-2-8-30-17/h2-8,13-14H,9-12H2,1H3. The van der Waals surface area contributed by atoms with E-state index >= 15 is 0 Å². The zero-order chi connectivity index (χ0) is 20.7. The number of aromatic nitrogens is 2. The maximum atomic E-state index is 12.9. The number of anilines is 1. The Kier molecular flexibility index (Phi) is 4.74. The van der Waals surface area contributed by atoms with E-state index in [1.807, 2.05) is 41.8 Å². The lowest BCUT2D eigenvalue weighted by Gasteiger charge is -2.38. The average molecular weight is 424 g/mol. The van der Waals surface area contributed by atoms with Gasteiger partial charge in [0, 0.05) is 31.7 Å². The molecule has 2 aliphatic heterocycles. The van der Waals surface area contributed by atoms with Crippen molar-refractivity contribution in [2.24, 2.45) is 5.92 Å². The molecule has 3 aromatic rings. The van der Waals surface area contributed by atoms with E-state index in [9.17, 15) is 9.59 Å². The van der Waals surface area contributed by atoms with Crippen molar-refractivity contribution in [1.82, 2.24) is 15.0 Å². The van der Waals surface area contributed by atoms with E-state index in [0.717, 1.165) is 16.3 Å². The van der Waals surface area contributed by atoms with E-state index < -0.39 is 0 Å². The third kappa shape index (κ3) is 3.35. The number of likely N-dealkylation sites (tertiary alicyclic amines) is 1. The summed E-state index contributed by atoms with van der Waals surface area (Å²) in [5, 5.41) is 6.00. The second kappa shape index (κ2) is 7.56. The number of methoxy groups -OCH3 is 1. The minimum absolute atomic E-state index is 0.00797. The van der Waals surface area contributed by atoms with Gasteiger partial charge in [-0.3, -0.25) is 9.59 Å². The summed E-state index contributed by atoms with van der Waals surface area (Å²) in [6.07, 6.45) is 0.231. The highest BCUT2D eigenvalue weighted by Gasteiger charge is 2.42. The highest BCUT2D eigenvalue weighted by Crippen LogP contribution is 2.33.